The Bertz CT molecular complexity index is 633. The van der Waals surface area contributed by atoms with Crippen molar-refractivity contribution in [1.82, 2.24) is 5.32 Å². The first kappa shape index (κ1) is 16.1. The average Bonchev–Trinajstić information content (AvgIpc) is 2.97. The Morgan fingerprint density at radius 2 is 2.17 bits per heavy atom. The van der Waals surface area contributed by atoms with Gasteiger partial charge in [0.05, 0.1) is 6.10 Å². The fourth-order valence-electron chi connectivity index (χ4n) is 4.01. The van der Waals surface area contributed by atoms with Crippen molar-refractivity contribution in [3.8, 4) is 0 Å². The Balaban J connectivity index is 1.76. The number of carboxylic acid groups (broad SMARTS) is 1. The van der Waals surface area contributed by atoms with E-state index in [0.717, 1.165) is 19.4 Å². The number of carboxylic acids is 1. The van der Waals surface area contributed by atoms with Crippen molar-refractivity contribution < 1.29 is 23.8 Å². The number of furan rings is 1. The number of rotatable bonds is 4. The molecule has 0 radical (unpaired) electrons. The highest BCUT2D eigenvalue weighted by molar-refractivity contribution is 5.96. The molecular formula is C17H23NO5. The van der Waals surface area contributed by atoms with Crippen molar-refractivity contribution in [2.45, 2.75) is 52.2 Å². The zero-order valence-corrected chi connectivity index (χ0v) is 13.7. The molecule has 3 atom stereocenters. The Hall–Kier alpha value is -1.82. The van der Waals surface area contributed by atoms with Crippen LogP contribution in [-0.2, 0) is 11.2 Å². The first-order valence-corrected chi connectivity index (χ1v) is 8.14. The van der Waals surface area contributed by atoms with Gasteiger partial charge in [0.15, 0.2) is 5.76 Å². The van der Waals surface area contributed by atoms with Crippen LogP contribution >= 0.6 is 0 Å². The fourth-order valence-corrected chi connectivity index (χ4v) is 4.01. The fraction of sp³-hybridized carbons (Fsp3) is 0.647. The summed E-state index contributed by atoms with van der Waals surface area (Å²) in [6.45, 7) is 6.76. The molecule has 1 aromatic rings. The SMILES string of the molecule is CCc1oc(C(=O)NC2C3CCCOC3C2(C)C)cc1C(=O)O. The molecule has 3 unspecified atom stereocenters. The highest BCUT2D eigenvalue weighted by Gasteiger charge is 2.58. The minimum atomic E-state index is -1.07. The van der Waals surface area contributed by atoms with Gasteiger partial charge in [0.2, 0.25) is 0 Å². The van der Waals surface area contributed by atoms with Gasteiger partial charge >= 0.3 is 5.97 Å². The molecule has 2 N–H and O–H groups in total. The summed E-state index contributed by atoms with van der Waals surface area (Å²) < 4.78 is 11.3. The molecule has 3 rings (SSSR count). The predicted octanol–water partition coefficient (Wildman–Crippen LogP) is 2.47. The van der Waals surface area contributed by atoms with Gasteiger partial charge in [-0.25, -0.2) is 4.79 Å². The molecule has 1 saturated heterocycles. The standard InChI is InChI=1S/C17H23NO5/c1-4-11-10(16(20)21)8-12(23-11)15(19)18-13-9-6-5-7-22-14(9)17(13,2)3/h8-9,13-14H,4-7H2,1-3H3,(H,18,19)(H,20,21). The number of aromatic carboxylic acids is 1. The quantitative estimate of drug-likeness (QED) is 0.889. The van der Waals surface area contributed by atoms with Crippen LogP contribution in [0.15, 0.2) is 10.5 Å². The third-order valence-corrected chi connectivity index (χ3v) is 5.20. The van der Waals surface area contributed by atoms with Crippen molar-refractivity contribution in [2.75, 3.05) is 6.61 Å². The molecule has 0 spiro atoms. The third-order valence-electron chi connectivity index (χ3n) is 5.20. The summed E-state index contributed by atoms with van der Waals surface area (Å²) in [7, 11) is 0. The number of carbonyl (C=O) groups is 2. The smallest absolute Gasteiger partial charge is 0.339 e. The predicted molar refractivity (Wildman–Crippen MR) is 82.5 cm³/mol. The zero-order chi connectivity index (χ0) is 16.8. The van der Waals surface area contributed by atoms with Crippen LogP contribution in [0.2, 0.25) is 0 Å². The third kappa shape index (κ3) is 2.55. The van der Waals surface area contributed by atoms with E-state index in [1.807, 2.05) is 0 Å². The van der Waals surface area contributed by atoms with Gasteiger partial charge in [0, 0.05) is 36.5 Å². The lowest BCUT2D eigenvalue weighted by Crippen LogP contribution is -2.70. The molecule has 2 aliphatic rings. The largest absolute Gasteiger partial charge is 0.478 e. The summed E-state index contributed by atoms with van der Waals surface area (Å²) >= 11 is 0. The first-order chi connectivity index (χ1) is 10.9. The average molecular weight is 321 g/mol. The van der Waals surface area contributed by atoms with Gasteiger partial charge in [-0.15, -0.1) is 0 Å². The number of ether oxygens (including phenoxy) is 1. The number of hydrogen-bond acceptors (Lipinski definition) is 4. The van der Waals surface area contributed by atoms with Crippen molar-refractivity contribution in [3.05, 3.63) is 23.2 Å². The maximum absolute atomic E-state index is 12.5. The van der Waals surface area contributed by atoms with Gasteiger partial charge in [-0.1, -0.05) is 20.8 Å². The Morgan fingerprint density at radius 3 is 2.78 bits per heavy atom. The van der Waals surface area contributed by atoms with E-state index < -0.39 is 5.97 Å². The van der Waals surface area contributed by atoms with Crippen molar-refractivity contribution in [1.29, 1.82) is 0 Å². The highest BCUT2D eigenvalue weighted by Crippen LogP contribution is 2.51. The molecule has 1 aliphatic carbocycles. The van der Waals surface area contributed by atoms with Crippen LogP contribution in [0.1, 0.15) is 60.3 Å². The minimum Gasteiger partial charge on any atom is -0.478 e. The summed E-state index contributed by atoms with van der Waals surface area (Å²) in [5.74, 6) is -0.712. The van der Waals surface area contributed by atoms with Crippen LogP contribution in [0.3, 0.4) is 0 Å². The first-order valence-electron chi connectivity index (χ1n) is 8.14. The van der Waals surface area contributed by atoms with Gasteiger partial charge in [0.1, 0.15) is 11.3 Å². The van der Waals surface area contributed by atoms with Crippen LogP contribution in [0.5, 0.6) is 0 Å². The number of nitrogens with one attached hydrogen (secondary N) is 1. The normalized spacial score (nSPS) is 28.6. The van der Waals surface area contributed by atoms with Gasteiger partial charge in [-0.3, -0.25) is 4.79 Å². The van der Waals surface area contributed by atoms with E-state index in [1.54, 1.807) is 6.92 Å². The highest BCUT2D eigenvalue weighted by atomic mass is 16.5. The molecule has 2 heterocycles. The number of hydrogen-bond donors (Lipinski definition) is 2. The monoisotopic (exact) mass is 321 g/mol. The second kappa shape index (κ2) is 5.67. The summed E-state index contributed by atoms with van der Waals surface area (Å²) in [5.41, 5.74) is -0.0688. The molecule has 0 bridgehead atoms. The topological polar surface area (TPSA) is 88.8 Å². The Kier molecular flexibility index (Phi) is 3.96. The molecule has 1 saturated carbocycles. The maximum atomic E-state index is 12.5. The van der Waals surface area contributed by atoms with Crippen LogP contribution in [0.4, 0.5) is 0 Å². The number of fused-ring (bicyclic) bond motifs is 1. The molecular weight excluding hydrogens is 298 g/mol. The molecule has 1 aromatic heterocycles. The molecule has 6 nitrogen and oxygen atoms in total. The van der Waals surface area contributed by atoms with E-state index in [0.29, 0.717) is 18.1 Å². The second-order valence-electron chi connectivity index (χ2n) is 6.98. The molecule has 23 heavy (non-hydrogen) atoms. The van der Waals surface area contributed by atoms with E-state index in [4.69, 9.17) is 14.3 Å². The molecule has 1 aliphatic heterocycles. The zero-order valence-electron chi connectivity index (χ0n) is 13.7. The summed E-state index contributed by atoms with van der Waals surface area (Å²) in [4.78, 5) is 23.7. The van der Waals surface area contributed by atoms with Crippen molar-refractivity contribution in [2.24, 2.45) is 11.3 Å². The van der Waals surface area contributed by atoms with E-state index in [1.165, 1.54) is 6.07 Å². The lowest BCUT2D eigenvalue weighted by atomic mass is 9.55. The number of aryl methyl sites for hydroxylation is 1. The maximum Gasteiger partial charge on any atom is 0.339 e. The lowest BCUT2D eigenvalue weighted by molar-refractivity contribution is -0.189. The van der Waals surface area contributed by atoms with Crippen molar-refractivity contribution in [3.63, 3.8) is 0 Å². The van der Waals surface area contributed by atoms with Crippen LogP contribution < -0.4 is 5.32 Å². The lowest BCUT2D eigenvalue weighted by Gasteiger charge is -2.59. The Labute approximate surface area is 135 Å². The number of amides is 1. The molecule has 1 amide bonds. The van der Waals surface area contributed by atoms with Gasteiger partial charge < -0.3 is 19.6 Å². The Morgan fingerprint density at radius 1 is 1.43 bits per heavy atom. The number of carbonyl (C=O) groups excluding carboxylic acids is 1. The van der Waals surface area contributed by atoms with Gasteiger partial charge in [-0.2, -0.15) is 0 Å². The van der Waals surface area contributed by atoms with Crippen LogP contribution in [0.25, 0.3) is 0 Å². The minimum absolute atomic E-state index is 0.0174. The van der Waals surface area contributed by atoms with Gasteiger partial charge in [-0.05, 0) is 12.8 Å². The summed E-state index contributed by atoms with van der Waals surface area (Å²) in [5, 5.41) is 12.2. The second-order valence-corrected chi connectivity index (χ2v) is 6.98. The van der Waals surface area contributed by atoms with Gasteiger partial charge in [0.25, 0.3) is 5.91 Å². The van der Waals surface area contributed by atoms with Crippen LogP contribution in [0, 0.1) is 11.3 Å². The van der Waals surface area contributed by atoms with Crippen molar-refractivity contribution >= 4 is 11.9 Å². The summed E-state index contributed by atoms with van der Waals surface area (Å²) in [6, 6.07) is 1.33. The van der Waals surface area contributed by atoms with E-state index in [2.05, 4.69) is 19.2 Å². The molecule has 6 heteroatoms. The molecule has 2 fully saturated rings. The van der Waals surface area contributed by atoms with E-state index in [9.17, 15) is 9.59 Å². The van der Waals surface area contributed by atoms with E-state index in [-0.39, 0.29) is 34.8 Å². The summed E-state index contributed by atoms with van der Waals surface area (Å²) in [6.07, 6.45) is 2.66. The molecule has 126 valence electrons. The van der Waals surface area contributed by atoms with E-state index >= 15 is 0 Å². The molecule has 0 aromatic carbocycles. The van der Waals surface area contributed by atoms with Crippen LogP contribution in [-0.4, -0.2) is 35.7 Å².